The minimum absolute atomic E-state index is 0.350. The van der Waals surface area contributed by atoms with E-state index in [2.05, 4.69) is 50.5 Å². The van der Waals surface area contributed by atoms with Gasteiger partial charge in [0.25, 0.3) is 0 Å². The van der Waals surface area contributed by atoms with Crippen molar-refractivity contribution in [2.75, 3.05) is 7.05 Å². The molecule has 3 unspecified atom stereocenters. The third-order valence-electron chi connectivity index (χ3n) is 5.23. The maximum Gasteiger partial charge on any atom is 0.134 e. The summed E-state index contributed by atoms with van der Waals surface area (Å²) < 4.78 is 6.16. The van der Waals surface area contributed by atoms with Gasteiger partial charge in [-0.3, -0.25) is 0 Å². The molecule has 1 aromatic carbocycles. The van der Waals surface area contributed by atoms with Gasteiger partial charge in [-0.15, -0.1) is 0 Å². The number of furan rings is 1. The summed E-state index contributed by atoms with van der Waals surface area (Å²) in [6.07, 6.45) is 6.73. The fraction of sp³-hybridized carbons (Fsp3) is 0.579. The van der Waals surface area contributed by atoms with Gasteiger partial charge < -0.3 is 9.73 Å². The number of hydrogen-bond acceptors (Lipinski definition) is 2. The molecule has 3 atom stereocenters. The SMILES string of the molecule is CCC1CCCCC1C(NC)c1cc2cc(C)ccc2o1. The predicted octanol–water partition coefficient (Wildman–Crippen LogP) is 5.22. The van der Waals surface area contributed by atoms with Crippen molar-refractivity contribution in [3.63, 3.8) is 0 Å². The van der Waals surface area contributed by atoms with E-state index in [1.165, 1.54) is 43.1 Å². The standard InChI is InChI=1S/C19H27NO/c1-4-14-7-5-6-8-16(14)19(20-3)18-12-15-11-13(2)9-10-17(15)21-18/h9-12,14,16,19-20H,4-8H2,1-3H3. The molecular formula is C19H27NO. The second-order valence-electron chi connectivity index (χ2n) is 6.57. The molecule has 0 saturated heterocycles. The predicted molar refractivity (Wildman–Crippen MR) is 88.5 cm³/mol. The average Bonchev–Trinajstić information content (AvgIpc) is 2.91. The van der Waals surface area contributed by atoms with Gasteiger partial charge in [0, 0.05) is 5.39 Å². The zero-order valence-electron chi connectivity index (χ0n) is 13.5. The molecule has 114 valence electrons. The van der Waals surface area contributed by atoms with Crippen LogP contribution in [-0.4, -0.2) is 7.05 Å². The monoisotopic (exact) mass is 285 g/mol. The lowest BCUT2D eigenvalue weighted by Crippen LogP contribution is -2.32. The van der Waals surface area contributed by atoms with Crippen molar-refractivity contribution in [2.24, 2.45) is 11.8 Å². The third-order valence-corrected chi connectivity index (χ3v) is 5.23. The summed E-state index contributed by atoms with van der Waals surface area (Å²) in [5.41, 5.74) is 2.31. The van der Waals surface area contributed by atoms with Gasteiger partial charge >= 0.3 is 0 Å². The molecule has 2 aromatic rings. The molecule has 3 rings (SSSR count). The Morgan fingerprint density at radius 3 is 2.81 bits per heavy atom. The summed E-state index contributed by atoms with van der Waals surface area (Å²) in [4.78, 5) is 0. The molecule has 0 bridgehead atoms. The maximum atomic E-state index is 6.16. The number of hydrogen-bond donors (Lipinski definition) is 1. The number of benzene rings is 1. The summed E-state index contributed by atoms with van der Waals surface area (Å²) in [7, 11) is 2.07. The van der Waals surface area contributed by atoms with Gasteiger partial charge in [-0.2, -0.15) is 0 Å². The quantitative estimate of drug-likeness (QED) is 0.833. The van der Waals surface area contributed by atoms with E-state index in [1.54, 1.807) is 0 Å². The highest BCUT2D eigenvalue weighted by molar-refractivity contribution is 5.78. The van der Waals surface area contributed by atoms with Crippen molar-refractivity contribution in [1.29, 1.82) is 0 Å². The van der Waals surface area contributed by atoms with Crippen LogP contribution in [0.2, 0.25) is 0 Å². The third kappa shape index (κ3) is 2.87. The summed E-state index contributed by atoms with van der Waals surface area (Å²) in [5.74, 6) is 2.64. The lowest BCUT2D eigenvalue weighted by Gasteiger charge is -2.35. The van der Waals surface area contributed by atoms with E-state index in [1.807, 2.05) is 0 Å². The number of rotatable bonds is 4. The van der Waals surface area contributed by atoms with Crippen LogP contribution in [0, 0.1) is 18.8 Å². The Kier molecular flexibility index (Phi) is 4.34. The van der Waals surface area contributed by atoms with Crippen LogP contribution in [0.4, 0.5) is 0 Å². The normalized spacial score (nSPS) is 24.3. The molecule has 1 N–H and O–H groups in total. The summed E-state index contributed by atoms with van der Waals surface area (Å²) >= 11 is 0. The van der Waals surface area contributed by atoms with E-state index < -0.39 is 0 Å². The highest BCUT2D eigenvalue weighted by Crippen LogP contribution is 2.41. The first-order chi connectivity index (χ1) is 10.2. The molecule has 0 radical (unpaired) electrons. The summed E-state index contributed by atoms with van der Waals surface area (Å²) in [6, 6.07) is 9.03. The smallest absolute Gasteiger partial charge is 0.134 e. The van der Waals surface area contributed by atoms with Crippen molar-refractivity contribution in [3.05, 3.63) is 35.6 Å². The van der Waals surface area contributed by atoms with Crippen molar-refractivity contribution in [2.45, 2.75) is 52.0 Å². The topological polar surface area (TPSA) is 25.2 Å². The van der Waals surface area contributed by atoms with Crippen LogP contribution in [0.1, 0.15) is 56.4 Å². The Bertz CT molecular complexity index is 601. The minimum atomic E-state index is 0.350. The van der Waals surface area contributed by atoms with Crippen molar-refractivity contribution >= 4 is 11.0 Å². The number of aryl methyl sites for hydroxylation is 1. The highest BCUT2D eigenvalue weighted by Gasteiger charge is 2.32. The lowest BCUT2D eigenvalue weighted by atomic mass is 9.73. The molecule has 1 aliphatic rings. The van der Waals surface area contributed by atoms with Crippen LogP contribution < -0.4 is 5.32 Å². The molecule has 0 spiro atoms. The van der Waals surface area contributed by atoms with Gasteiger partial charge in [-0.25, -0.2) is 0 Å². The Hall–Kier alpha value is -1.28. The molecular weight excluding hydrogens is 258 g/mol. The molecule has 1 fully saturated rings. The molecule has 0 aliphatic heterocycles. The first-order valence-electron chi connectivity index (χ1n) is 8.40. The minimum Gasteiger partial charge on any atom is -0.459 e. The summed E-state index contributed by atoms with van der Waals surface area (Å²) in [6.45, 7) is 4.47. The van der Waals surface area contributed by atoms with Crippen LogP contribution in [-0.2, 0) is 0 Å². The Morgan fingerprint density at radius 2 is 2.05 bits per heavy atom. The maximum absolute atomic E-state index is 6.16. The number of fused-ring (bicyclic) bond motifs is 1. The first kappa shape index (κ1) is 14.6. The van der Waals surface area contributed by atoms with E-state index in [0.717, 1.165) is 17.3 Å². The Morgan fingerprint density at radius 1 is 1.24 bits per heavy atom. The zero-order chi connectivity index (χ0) is 14.8. The molecule has 0 amide bonds. The van der Waals surface area contributed by atoms with E-state index in [4.69, 9.17) is 4.42 Å². The van der Waals surface area contributed by atoms with Crippen LogP contribution >= 0.6 is 0 Å². The van der Waals surface area contributed by atoms with Gasteiger partial charge in [0.05, 0.1) is 6.04 Å². The Balaban J connectivity index is 1.93. The highest BCUT2D eigenvalue weighted by atomic mass is 16.3. The molecule has 1 saturated carbocycles. The van der Waals surface area contributed by atoms with Gasteiger partial charge in [0.2, 0.25) is 0 Å². The van der Waals surface area contributed by atoms with E-state index >= 15 is 0 Å². The van der Waals surface area contributed by atoms with E-state index in [-0.39, 0.29) is 0 Å². The van der Waals surface area contributed by atoms with E-state index in [0.29, 0.717) is 12.0 Å². The Labute approximate surface area is 127 Å². The molecule has 1 aliphatic carbocycles. The summed E-state index contributed by atoms with van der Waals surface area (Å²) in [5, 5.41) is 4.76. The molecule has 21 heavy (non-hydrogen) atoms. The number of nitrogens with one attached hydrogen (secondary N) is 1. The van der Waals surface area contributed by atoms with Gasteiger partial charge in [-0.1, -0.05) is 44.2 Å². The van der Waals surface area contributed by atoms with Crippen molar-refractivity contribution < 1.29 is 4.42 Å². The van der Waals surface area contributed by atoms with Gasteiger partial charge in [0.15, 0.2) is 0 Å². The first-order valence-corrected chi connectivity index (χ1v) is 8.40. The molecule has 2 nitrogen and oxygen atoms in total. The van der Waals surface area contributed by atoms with E-state index in [9.17, 15) is 0 Å². The zero-order valence-corrected chi connectivity index (χ0v) is 13.5. The molecule has 2 heteroatoms. The van der Waals surface area contributed by atoms with Gasteiger partial charge in [0.1, 0.15) is 11.3 Å². The van der Waals surface area contributed by atoms with Crippen molar-refractivity contribution in [1.82, 2.24) is 5.32 Å². The molecule has 1 heterocycles. The van der Waals surface area contributed by atoms with Gasteiger partial charge in [-0.05, 0) is 50.4 Å². The second-order valence-corrected chi connectivity index (χ2v) is 6.57. The molecule has 1 aromatic heterocycles. The van der Waals surface area contributed by atoms with Crippen molar-refractivity contribution in [3.8, 4) is 0 Å². The second kappa shape index (κ2) is 6.23. The lowest BCUT2D eigenvalue weighted by molar-refractivity contribution is 0.168. The van der Waals surface area contributed by atoms with Crippen LogP contribution in [0.25, 0.3) is 11.0 Å². The van der Waals surface area contributed by atoms with Crippen LogP contribution in [0.3, 0.4) is 0 Å². The van der Waals surface area contributed by atoms with Crippen LogP contribution in [0.5, 0.6) is 0 Å². The fourth-order valence-corrected chi connectivity index (χ4v) is 4.09. The fourth-order valence-electron chi connectivity index (χ4n) is 4.09. The average molecular weight is 285 g/mol. The van der Waals surface area contributed by atoms with Crippen LogP contribution in [0.15, 0.2) is 28.7 Å². The largest absolute Gasteiger partial charge is 0.459 e.